The quantitative estimate of drug-likeness (QED) is 0.694. The Kier molecular flexibility index (Phi) is 6.87. The number of nitrogens with zero attached hydrogens (tertiary/aromatic N) is 1. The van der Waals surface area contributed by atoms with E-state index in [1.54, 1.807) is 12.1 Å². The van der Waals surface area contributed by atoms with E-state index in [-0.39, 0.29) is 22.9 Å². The van der Waals surface area contributed by atoms with Gasteiger partial charge in [0.15, 0.2) is 0 Å². The largest absolute Gasteiger partial charge is 0.494 e. The van der Waals surface area contributed by atoms with Gasteiger partial charge in [0.25, 0.3) is 0 Å². The lowest BCUT2D eigenvalue weighted by molar-refractivity contribution is -0.137. The van der Waals surface area contributed by atoms with Crippen LogP contribution in [0.15, 0.2) is 47.5 Å². The van der Waals surface area contributed by atoms with E-state index in [4.69, 9.17) is 9.47 Å². The summed E-state index contributed by atoms with van der Waals surface area (Å²) in [5.74, 6) is 0.729. The van der Waals surface area contributed by atoms with Crippen molar-refractivity contribution in [2.24, 2.45) is 0 Å². The zero-order valence-electron chi connectivity index (χ0n) is 16.4. The first-order valence-electron chi connectivity index (χ1n) is 9.62. The van der Waals surface area contributed by atoms with Crippen LogP contribution in [0, 0.1) is 0 Å². The van der Waals surface area contributed by atoms with Gasteiger partial charge in [0.05, 0.1) is 17.1 Å². The maximum Gasteiger partial charge on any atom is 0.417 e. The van der Waals surface area contributed by atoms with Gasteiger partial charge in [-0.1, -0.05) is 0 Å². The standard InChI is InChI=1S/C20H23F3N2O4S/c1-2-28-16-8-10-18(11-9-16)30(26,27)25-15-4-6-17(7-5-15)29-19-12-3-14(13-24-19)20(21,22)23/h3,8-13,15,17,25H,2,4-7H2,1H3. The fraction of sp³-hybridized carbons (Fsp3) is 0.450. The number of alkyl halides is 3. The van der Waals surface area contributed by atoms with E-state index in [2.05, 4.69) is 9.71 Å². The van der Waals surface area contributed by atoms with Crippen LogP contribution in [0.4, 0.5) is 13.2 Å². The summed E-state index contributed by atoms with van der Waals surface area (Å²) in [6, 6.07) is 8.11. The third kappa shape index (κ3) is 5.85. The second-order valence-electron chi connectivity index (χ2n) is 7.00. The number of pyridine rings is 1. The zero-order valence-corrected chi connectivity index (χ0v) is 17.2. The molecular weight excluding hydrogens is 421 g/mol. The SMILES string of the molecule is CCOc1ccc(S(=O)(=O)NC2CCC(Oc3ccc(C(F)(F)F)cn3)CC2)cc1. The molecule has 164 valence electrons. The molecular formula is C20H23F3N2O4S. The lowest BCUT2D eigenvalue weighted by Crippen LogP contribution is -2.39. The number of benzene rings is 1. The number of halogens is 3. The molecule has 1 heterocycles. The number of sulfonamides is 1. The highest BCUT2D eigenvalue weighted by atomic mass is 32.2. The average Bonchev–Trinajstić information content (AvgIpc) is 2.70. The van der Waals surface area contributed by atoms with Crippen LogP contribution in [-0.2, 0) is 16.2 Å². The van der Waals surface area contributed by atoms with Gasteiger partial charge in [-0.25, -0.2) is 18.1 Å². The first-order chi connectivity index (χ1) is 14.2. The van der Waals surface area contributed by atoms with Crippen molar-refractivity contribution in [3.8, 4) is 11.6 Å². The summed E-state index contributed by atoms with van der Waals surface area (Å²) in [6.45, 7) is 2.34. The summed E-state index contributed by atoms with van der Waals surface area (Å²) in [7, 11) is -3.65. The fourth-order valence-electron chi connectivity index (χ4n) is 3.26. The van der Waals surface area contributed by atoms with Gasteiger partial charge in [0.2, 0.25) is 15.9 Å². The van der Waals surface area contributed by atoms with Crippen LogP contribution in [-0.4, -0.2) is 32.2 Å². The maximum atomic E-state index is 12.6. The normalized spacial score (nSPS) is 20.0. The number of hydrogen-bond acceptors (Lipinski definition) is 5. The predicted molar refractivity (Wildman–Crippen MR) is 104 cm³/mol. The van der Waals surface area contributed by atoms with Crippen molar-refractivity contribution in [1.82, 2.24) is 9.71 Å². The minimum absolute atomic E-state index is 0.126. The van der Waals surface area contributed by atoms with Crippen molar-refractivity contribution < 1.29 is 31.1 Å². The molecule has 1 aliphatic carbocycles. The number of rotatable bonds is 7. The van der Waals surface area contributed by atoms with Gasteiger partial charge in [-0.3, -0.25) is 0 Å². The van der Waals surface area contributed by atoms with Gasteiger partial charge >= 0.3 is 6.18 Å². The van der Waals surface area contributed by atoms with Gasteiger partial charge in [-0.2, -0.15) is 13.2 Å². The molecule has 6 nitrogen and oxygen atoms in total. The molecule has 1 aromatic carbocycles. The molecule has 1 N–H and O–H groups in total. The molecule has 0 unspecified atom stereocenters. The fourth-order valence-corrected chi connectivity index (χ4v) is 4.56. The Morgan fingerprint density at radius 2 is 1.73 bits per heavy atom. The van der Waals surface area contributed by atoms with E-state index in [0.29, 0.717) is 38.0 Å². The Bertz CT molecular complexity index is 924. The van der Waals surface area contributed by atoms with Crippen molar-refractivity contribution in [2.75, 3.05) is 6.61 Å². The summed E-state index contributed by atoms with van der Waals surface area (Å²) in [5, 5.41) is 0. The topological polar surface area (TPSA) is 77.5 Å². The van der Waals surface area contributed by atoms with Crippen LogP contribution >= 0.6 is 0 Å². The molecule has 0 amide bonds. The molecule has 10 heteroatoms. The third-order valence-electron chi connectivity index (χ3n) is 4.79. The minimum Gasteiger partial charge on any atom is -0.494 e. The summed E-state index contributed by atoms with van der Waals surface area (Å²) in [4.78, 5) is 3.88. The van der Waals surface area contributed by atoms with Gasteiger partial charge < -0.3 is 9.47 Å². The third-order valence-corrected chi connectivity index (χ3v) is 6.33. The lowest BCUT2D eigenvalue weighted by atomic mass is 9.94. The Morgan fingerprint density at radius 3 is 2.27 bits per heavy atom. The molecule has 30 heavy (non-hydrogen) atoms. The van der Waals surface area contributed by atoms with E-state index in [0.717, 1.165) is 12.3 Å². The van der Waals surface area contributed by atoms with E-state index >= 15 is 0 Å². The summed E-state index contributed by atoms with van der Waals surface area (Å²) in [5.41, 5.74) is -0.831. The highest BCUT2D eigenvalue weighted by molar-refractivity contribution is 7.89. The molecule has 1 aromatic heterocycles. The van der Waals surface area contributed by atoms with E-state index in [9.17, 15) is 21.6 Å². The highest BCUT2D eigenvalue weighted by Crippen LogP contribution is 2.30. The second kappa shape index (κ2) is 9.22. The number of ether oxygens (including phenoxy) is 2. The summed E-state index contributed by atoms with van der Waals surface area (Å²) >= 11 is 0. The maximum absolute atomic E-state index is 12.6. The Hall–Kier alpha value is -2.33. The molecule has 0 spiro atoms. The van der Waals surface area contributed by atoms with Gasteiger partial charge in [-0.15, -0.1) is 0 Å². The molecule has 0 radical (unpaired) electrons. The van der Waals surface area contributed by atoms with Crippen LogP contribution in [0.3, 0.4) is 0 Å². The Balaban J connectivity index is 1.51. The molecule has 0 aliphatic heterocycles. The minimum atomic E-state index is -4.44. The molecule has 1 saturated carbocycles. The van der Waals surface area contributed by atoms with Crippen LogP contribution in [0.2, 0.25) is 0 Å². The first kappa shape index (κ1) is 22.4. The van der Waals surface area contributed by atoms with Crippen LogP contribution < -0.4 is 14.2 Å². The van der Waals surface area contributed by atoms with E-state index < -0.39 is 21.8 Å². The molecule has 0 atom stereocenters. The number of hydrogen-bond donors (Lipinski definition) is 1. The Labute approximate surface area is 173 Å². The molecule has 0 saturated heterocycles. The number of aromatic nitrogens is 1. The van der Waals surface area contributed by atoms with Gasteiger partial charge in [-0.05, 0) is 62.9 Å². The molecule has 3 rings (SSSR count). The molecule has 1 aliphatic rings. The van der Waals surface area contributed by atoms with E-state index in [1.165, 1.54) is 18.2 Å². The lowest BCUT2D eigenvalue weighted by Gasteiger charge is -2.29. The summed E-state index contributed by atoms with van der Waals surface area (Å²) < 4.78 is 76.6. The first-order valence-corrected chi connectivity index (χ1v) is 11.1. The zero-order chi connectivity index (χ0) is 21.8. The van der Waals surface area contributed by atoms with Gasteiger partial charge in [0.1, 0.15) is 11.9 Å². The van der Waals surface area contributed by atoms with Gasteiger partial charge in [0, 0.05) is 18.3 Å². The van der Waals surface area contributed by atoms with Crippen molar-refractivity contribution >= 4 is 10.0 Å². The van der Waals surface area contributed by atoms with Crippen LogP contribution in [0.5, 0.6) is 11.6 Å². The van der Waals surface area contributed by atoms with Crippen molar-refractivity contribution in [2.45, 2.75) is 55.8 Å². The van der Waals surface area contributed by atoms with Crippen LogP contribution in [0.25, 0.3) is 0 Å². The monoisotopic (exact) mass is 444 g/mol. The average molecular weight is 444 g/mol. The van der Waals surface area contributed by atoms with Crippen molar-refractivity contribution in [3.63, 3.8) is 0 Å². The summed E-state index contributed by atoms with van der Waals surface area (Å²) in [6.07, 6.45) is -1.67. The Morgan fingerprint density at radius 1 is 1.07 bits per heavy atom. The second-order valence-corrected chi connectivity index (χ2v) is 8.71. The number of nitrogens with one attached hydrogen (secondary N) is 1. The van der Waals surface area contributed by atoms with Crippen LogP contribution in [0.1, 0.15) is 38.2 Å². The van der Waals surface area contributed by atoms with E-state index in [1.807, 2.05) is 6.92 Å². The highest BCUT2D eigenvalue weighted by Gasteiger charge is 2.31. The smallest absolute Gasteiger partial charge is 0.417 e. The van der Waals surface area contributed by atoms with Crippen molar-refractivity contribution in [1.29, 1.82) is 0 Å². The van der Waals surface area contributed by atoms with Crippen molar-refractivity contribution in [3.05, 3.63) is 48.2 Å². The molecule has 1 fully saturated rings. The predicted octanol–water partition coefficient (Wildman–Crippen LogP) is 4.17. The molecule has 2 aromatic rings. The molecule has 0 bridgehead atoms.